The Bertz CT molecular complexity index is 421. The predicted molar refractivity (Wildman–Crippen MR) is 52.0 cm³/mol. The van der Waals surface area contributed by atoms with Gasteiger partial charge in [0.25, 0.3) is 10.1 Å². The van der Waals surface area contributed by atoms with Crippen LogP contribution in [0.3, 0.4) is 0 Å². The Morgan fingerprint density at radius 2 is 1.38 bits per heavy atom. The van der Waals surface area contributed by atoms with Gasteiger partial charge in [0, 0.05) is 6.42 Å². The average molecular weight is 299 g/mol. The highest BCUT2D eigenvalue weighted by molar-refractivity contribution is 7.85. The van der Waals surface area contributed by atoms with Crippen molar-refractivity contribution in [1.29, 1.82) is 0 Å². The Balaban J connectivity index is 5.32. The number of hydrogen-bond donors (Lipinski definition) is 6. The van der Waals surface area contributed by atoms with Crippen LogP contribution in [0.25, 0.3) is 0 Å². The maximum absolute atomic E-state index is 10.8. The summed E-state index contributed by atoms with van der Waals surface area (Å²) >= 11 is 0. The summed E-state index contributed by atoms with van der Waals surface area (Å²) in [6.45, 7) is 0. The van der Waals surface area contributed by atoms with E-state index in [1.807, 2.05) is 0 Å². The SMILES string of the molecule is NC(CCS(=O)(=O)O)(P(=O)(O)O)P(=O)(O)O. The third-order valence-corrected chi connectivity index (χ3v) is 6.48. The van der Waals surface area contributed by atoms with Crippen LogP contribution in [0.5, 0.6) is 0 Å². The molecule has 0 spiro atoms. The fourth-order valence-electron chi connectivity index (χ4n) is 0.740. The standard InChI is InChI=1S/C3H11NO9P2S/c4-3(14(5,6)7,15(8,9)10)1-2-16(11,12)13/h1-2,4H2,(H2,5,6,7)(H2,8,9,10)(H,11,12,13). The summed E-state index contributed by atoms with van der Waals surface area (Å²) in [4.78, 5) is 34.7. The quantitative estimate of drug-likeness (QED) is 0.249. The molecule has 0 saturated heterocycles. The Morgan fingerprint density at radius 3 is 1.56 bits per heavy atom. The molecular formula is C3H11NO9P2S. The van der Waals surface area contributed by atoms with E-state index in [1.165, 1.54) is 0 Å². The van der Waals surface area contributed by atoms with Gasteiger partial charge in [-0.15, -0.1) is 0 Å². The van der Waals surface area contributed by atoms with E-state index in [9.17, 15) is 17.5 Å². The molecule has 0 atom stereocenters. The van der Waals surface area contributed by atoms with Crippen molar-refractivity contribution >= 4 is 25.3 Å². The van der Waals surface area contributed by atoms with Crippen LogP contribution in [-0.2, 0) is 19.2 Å². The maximum atomic E-state index is 10.8. The molecule has 0 unspecified atom stereocenters. The molecule has 0 aromatic rings. The average Bonchev–Trinajstić information content (AvgIpc) is 1.93. The molecule has 0 bridgehead atoms. The highest BCUT2D eigenvalue weighted by Gasteiger charge is 2.57. The topological polar surface area (TPSA) is 195 Å². The first-order valence-electron chi connectivity index (χ1n) is 3.56. The fraction of sp³-hybridized carbons (Fsp3) is 1.00. The van der Waals surface area contributed by atoms with E-state index in [2.05, 4.69) is 0 Å². The van der Waals surface area contributed by atoms with Crippen molar-refractivity contribution in [2.45, 2.75) is 11.4 Å². The second kappa shape index (κ2) is 4.45. The van der Waals surface area contributed by atoms with Crippen LogP contribution >= 0.6 is 15.2 Å². The molecule has 0 saturated carbocycles. The van der Waals surface area contributed by atoms with E-state index in [4.69, 9.17) is 29.9 Å². The van der Waals surface area contributed by atoms with Crippen LogP contribution < -0.4 is 5.73 Å². The van der Waals surface area contributed by atoms with Gasteiger partial charge in [0.2, 0.25) is 5.02 Å². The third-order valence-electron chi connectivity index (χ3n) is 1.74. The molecule has 10 nitrogen and oxygen atoms in total. The van der Waals surface area contributed by atoms with Crippen molar-refractivity contribution in [3.63, 3.8) is 0 Å². The van der Waals surface area contributed by atoms with Gasteiger partial charge in [-0.25, -0.2) is 0 Å². The molecule has 98 valence electrons. The van der Waals surface area contributed by atoms with Crippen LogP contribution in [0.15, 0.2) is 0 Å². The van der Waals surface area contributed by atoms with Crippen molar-refractivity contribution in [1.82, 2.24) is 0 Å². The molecule has 0 aromatic carbocycles. The van der Waals surface area contributed by atoms with E-state index in [0.717, 1.165) is 0 Å². The summed E-state index contributed by atoms with van der Waals surface area (Å²) in [5.41, 5.74) is 4.86. The second-order valence-corrected chi connectivity index (χ2v) is 8.70. The largest absolute Gasteiger partial charge is 0.357 e. The molecule has 0 amide bonds. The Labute approximate surface area is 90.5 Å². The zero-order valence-electron chi connectivity index (χ0n) is 7.66. The lowest BCUT2D eigenvalue weighted by Gasteiger charge is -2.29. The minimum Gasteiger partial charge on any atom is -0.323 e. The van der Waals surface area contributed by atoms with Crippen LogP contribution in [0.4, 0.5) is 0 Å². The molecule has 0 aliphatic carbocycles. The summed E-state index contributed by atoms with van der Waals surface area (Å²) in [6.07, 6.45) is -1.28. The van der Waals surface area contributed by atoms with E-state index in [-0.39, 0.29) is 0 Å². The van der Waals surface area contributed by atoms with Crippen LogP contribution in [-0.4, -0.2) is 43.3 Å². The lowest BCUT2D eigenvalue weighted by molar-refractivity contribution is 0.305. The van der Waals surface area contributed by atoms with Crippen LogP contribution in [0.1, 0.15) is 6.42 Å². The fourth-order valence-corrected chi connectivity index (χ4v) is 3.79. The molecule has 16 heavy (non-hydrogen) atoms. The van der Waals surface area contributed by atoms with E-state index < -0.39 is 42.5 Å². The number of hydrogen-bond acceptors (Lipinski definition) is 5. The zero-order chi connectivity index (χ0) is 13.4. The summed E-state index contributed by atoms with van der Waals surface area (Å²) in [5.74, 6) is -1.28. The summed E-state index contributed by atoms with van der Waals surface area (Å²) in [7, 11) is -15.6. The van der Waals surface area contributed by atoms with Gasteiger partial charge in [-0.05, 0) is 0 Å². The van der Waals surface area contributed by atoms with E-state index in [0.29, 0.717) is 0 Å². The Morgan fingerprint density at radius 1 is 1.06 bits per heavy atom. The van der Waals surface area contributed by atoms with Crippen molar-refractivity contribution in [2.24, 2.45) is 5.73 Å². The van der Waals surface area contributed by atoms with Crippen molar-refractivity contribution < 1.29 is 41.7 Å². The molecule has 0 fully saturated rings. The first-order chi connectivity index (χ1) is 6.71. The van der Waals surface area contributed by atoms with Gasteiger partial charge >= 0.3 is 15.2 Å². The summed E-state index contributed by atoms with van der Waals surface area (Å²) < 4.78 is 50.6. The van der Waals surface area contributed by atoms with Gasteiger partial charge in [0.05, 0.1) is 5.75 Å². The number of nitrogens with two attached hydrogens (primary N) is 1. The summed E-state index contributed by atoms with van der Waals surface area (Å²) in [5, 5.41) is -3.32. The van der Waals surface area contributed by atoms with Crippen molar-refractivity contribution in [3.8, 4) is 0 Å². The molecule has 0 rings (SSSR count). The van der Waals surface area contributed by atoms with Gasteiger partial charge < -0.3 is 25.3 Å². The lowest BCUT2D eigenvalue weighted by atomic mass is 10.5. The van der Waals surface area contributed by atoms with E-state index >= 15 is 0 Å². The highest BCUT2D eigenvalue weighted by atomic mass is 32.2. The normalized spacial score (nSPS) is 15.1. The van der Waals surface area contributed by atoms with Crippen LogP contribution in [0, 0.1) is 0 Å². The van der Waals surface area contributed by atoms with Crippen LogP contribution in [0.2, 0.25) is 0 Å². The first kappa shape index (κ1) is 16.2. The monoisotopic (exact) mass is 299 g/mol. The van der Waals surface area contributed by atoms with Gasteiger partial charge in [0.15, 0.2) is 0 Å². The van der Waals surface area contributed by atoms with E-state index in [1.54, 1.807) is 0 Å². The highest BCUT2D eigenvalue weighted by Crippen LogP contribution is 2.67. The molecule has 0 aliphatic heterocycles. The third kappa shape index (κ3) is 3.88. The van der Waals surface area contributed by atoms with Gasteiger partial charge in [0.1, 0.15) is 0 Å². The second-order valence-electron chi connectivity index (χ2n) is 3.00. The first-order valence-corrected chi connectivity index (χ1v) is 8.39. The molecule has 0 heterocycles. The smallest absolute Gasteiger partial charge is 0.323 e. The minimum atomic E-state index is -5.46. The summed E-state index contributed by atoms with van der Waals surface area (Å²) in [6, 6.07) is 0. The molecule has 0 aliphatic rings. The molecule has 7 N–H and O–H groups in total. The van der Waals surface area contributed by atoms with Gasteiger partial charge in [-0.2, -0.15) is 8.42 Å². The van der Waals surface area contributed by atoms with Gasteiger partial charge in [-0.1, -0.05) is 0 Å². The minimum absolute atomic E-state index is 1.28. The predicted octanol–water partition coefficient (Wildman–Crippen LogP) is -1.77. The van der Waals surface area contributed by atoms with Gasteiger partial charge in [-0.3, -0.25) is 13.7 Å². The lowest BCUT2D eigenvalue weighted by Crippen LogP contribution is -2.40. The molecular weight excluding hydrogens is 288 g/mol. The zero-order valence-corrected chi connectivity index (χ0v) is 10.3. The maximum Gasteiger partial charge on any atom is 0.357 e. The Hall–Kier alpha value is 0.170. The molecule has 0 aromatic heterocycles. The number of rotatable bonds is 5. The van der Waals surface area contributed by atoms with Crippen molar-refractivity contribution in [3.05, 3.63) is 0 Å². The Kier molecular flexibility index (Phi) is 4.49. The molecule has 0 radical (unpaired) electrons. The molecule has 13 heteroatoms. The van der Waals surface area contributed by atoms with Crippen molar-refractivity contribution in [2.75, 3.05) is 5.75 Å².